The molecule has 0 radical (unpaired) electrons. The number of halogens is 1. The van der Waals surface area contributed by atoms with Gasteiger partial charge >= 0.3 is 0 Å². The third kappa shape index (κ3) is 5.14. The van der Waals surface area contributed by atoms with Crippen LogP contribution < -0.4 is 5.32 Å². The third-order valence-corrected chi connectivity index (χ3v) is 5.29. The highest BCUT2D eigenvalue weighted by atomic mass is 32.1. The number of nitrogens with one attached hydrogen (secondary N) is 1. The lowest BCUT2D eigenvalue weighted by Gasteiger charge is -2.32. The molecule has 1 atom stereocenters. The van der Waals surface area contributed by atoms with Gasteiger partial charge in [-0.2, -0.15) is 0 Å². The molecule has 1 aromatic carbocycles. The topological polar surface area (TPSA) is 32.3 Å². The maximum atomic E-state index is 12.9. The Balaban J connectivity index is 1.42. The van der Waals surface area contributed by atoms with Crippen LogP contribution in [0.5, 0.6) is 0 Å². The Labute approximate surface area is 146 Å². The number of benzene rings is 1. The smallest absolute Gasteiger partial charge is 0.224 e. The molecule has 1 N–H and O–H groups in total. The Kier molecular flexibility index (Phi) is 5.99. The molecule has 2 aromatic rings. The second kappa shape index (κ2) is 8.40. The highest BCUT2D eigenvalue weighted by Crippen LogP contribution is 2.20. The van der Waals surface area contributed by atoms with Gasteiger partial charge in [0.1, 0.15) is 5.82 Å². The number of hydrogen-bond acceptors (Lipinski definition) is 3. The van der Waals surface area contributed by atoms with Crippen molar-refractivity contribution in [2.45, 2.75) is 25.8 Å². The monoisotopic (exact) mass is 346 g/mol. The quantitative estimate of drug-likeness (QED) is 0.869. The maximum Gasteiger partial charge on any atom is 0.224 e. The first kappa shape index (κ1) is 17.1. The number of nitrogens with zero attached hydrogens (tertiary/aromatic N) is 1. The zero-order valence-corrected chi connectivity index (χ0v) is 14.5. The van der Waals surface area contributed by atoms with E-state index in [0.29, 0.717) is 12.3 Å². The largest absolute Gasteiger partial charge is 0.355 e. The number of carbonyl (C=O) groups is 1. The summed E-state index contributed by atoms with van der Waals surface area (Å²) in [6, 6.07) is 10.4. The Morgan fingerprint density at radius 3 is 2.88 bits per heavy atom. The van der Waals surface area contributed by atoms with Crippen molar-refractivity contribution in [1.29, 1.82) is 0 Å². The summed E-state index contributed by atoms with van der Waals surface area (Å²) in [5.41, 5.74) is 0.844. The molecule has 24 heavy (non-hydrogen) atoms. The van der Waals surface area contributed by atoms with Gasteiger partial charge in [0.2, 0.25) is 5.91 Å². The number of rotatable bonds is 6. The molecule has 0 spiro atoms. The van der Waals surface area contributed by atoms with Crippen molar-refractivity contribution in [3.63, 3.8) is 0 Å². The number of likely N-dealkylation sites (tertiary alicyclic amines) is 1. The van der Waals surface area contributed by atoms with Crippen molar-refractivity contribution < 1.29 is 9.18 Å². The van der Waals surface area contributed by atoms with Gasteiger partial charge in [-0.3, -0.25) is 9.69 Å². The second-order valence-electron chi connectivity index (χ2n) is 6.43. The fraction of sp³-hybridized carbons (Fsp3) is 0.421. The summed E-state index contributed by atoms with van der Waals surface area (Å²) < 4.78 is 12.9. The molecule has 3 rings (SSSR count). The van der Waals surface area contributed by atoms with Crippen molar-refractivity contribution in [2.75, 3.05) is 19.6 Å². The van der Waals surface area contributed by atoms with Gasteiger partial charge in [-0.05, 0) is 54.4 Å². The maximum absolute atomic E-state index is 12.9. The summed E-state index contributed by atoms with van der Waals surface area (Å²) in [7, 11) is 0. The molecule has 0 saturated carbocycles. The molecule has 0 aliphatic carbocycles. The lowest BCUT2D eigenvalue weighted by Crippen LogP contribution is -2.40. The van der Waals surface area contributed by atoms with E-state index in [1.807, 2.05) is 0 Å². The van der Waals surface area contributed by atoms with Gasteiger partial charge in [-0.25, -0.2) is 4.39 Å². The van der Waals surface area contributed by atoms with Gasteiger partial charge in [0.05, 0.1) is 6.42 Å². The molecule has 2 heterocycles. The van der Waals surface area contributed by atoms with E-state index < -0.39 is 0 Å². The van der Waals surface area contributed by atoms with Gasteiger partial charge in [0.15, 0.2) is 0 Å². The van der Waals surface area contributed by atoms with E-state index in [1.54, 1.807) is 23.5 Å². The van der Waals surface area contributed by atoms with E-state index in [2.05, 4.69) is 27.7 Å². The summed E-state index contributed by atoms with van der Waals surface area (Å²) in [5, 5.41) is 5.16. The van der Waals surface area contributed by atoms with E-state index in [1.165, 1.54) is 23.4 Å². The lowest BCUT2D eigenvalue weighted by atomic mass is 9.98. The van der Waals surface area contributed by atoms with Crippen LogP contribution in [0.3, 0.4) is 0 Å². The molecule has 1 aliphatic rings. The van der Waals surface area contributed by atoms with Gasteiger partial charge in [0, 0.05) is 24.5 Å². The van der Waals surface area contributed by atoms with E-state index in [4.69, 9.17) is 0 Å². The predicted octanol–water partition coefficient (Wildman–Crippen LogP) is 3.46. The van der Waals surface area contributed by atoms with Crippen LogP contribution in [0.4, 0.5) is 4.39 Å². The van der Waals surface area contributed by atoms with Crippen LogP contribution in [-0.4, -0.2) is 30.4 Å². The summed E-state index contributed by atoms with van der Waals surface area (Å²) in [6.07, 6.45) is 2.66. The molecule has 1 amide bonds. The molecular formula is C19H23FN2OS. The molecular weight excluding hydrogens is 323 g/mol. The zero-order valence-electron chi connectivity index (χ0n) is 13.7. The Hall–Kier alpha value is -1.72. The highest BCUT2D eigenvalue weighted by molar-refractivity contribution is 7.09. The number of carbonyl (C=O) groups excluding carboxylic acids is 1. The van der Waals surface area contributed by atoms with Crippen LogP contribution in [0, 0.1) is 11.7 Å². The molecule has 1 fully saturated rings. The predicted molar refractivity (Wildman–Crippen MR) is 95.4 cm³/mol. The molecule has 1 aromatic heterocycles. The zero-order chi connectivity index (χ0) is 16.8. The third-order valence-electron chi connectivity index (χ3n) is 4.43. The number of hydrogen-bond donors (Lipinski definition) is 1. The van der Waals surface area contributed by atoms with Crippen molar-refractivity contribution in [1.82, 2.24) is 10.2 Å². The number of thiophene rings is 1. The van der Waals surface area contributed by atoms with Crippen LogP contribution in [0.2, 0.25) is 0 Å². The fourth-order valence-electron chi connectivity index (χ4n) is 3.19. The minimum atomic E-state index is -0.271. The molecule has 128 valence electrons. The molecule has 0 unspecified atom stereocenters. The van der Waals surface area contributed by atoms with Crippen LogP contribution in [0.1, 0.15) is 23.3 Å². The summed E-state index contributed by atoms with van der Waals surface area (Å²) in [5.74, 6) is 0.250. The number of piperidine rings is 1. The van der Waals surface area contributed by atoms with E-state index >= 15 is 0 Å². The van der Waals surface area contributed by atoms with Crippen molar-refractivity contribution in [3.8, 4) is 0 Å². The van der Waals surface area contributed by atoms with Gasteiger partial charge in [-0.1, -0.05) is 18.2 Å². The molecule has 5 heteroatoms. The first-order chi connectivity index (χ1) is 11.7. The van der Waals surface area contributed by atoms with E-state index in [0.717, 1.165) is 38.2 Å². The summed E-state index contributed by atoms with van der Waals surface area (Å²) in [6.45, 7) is 3.91. The second-order valence-corrected chi connectivity index (χ2v) is 7.46. The number of amides is 1. The standard InChI is InChI=1S/C19H23FN2OS/c20-17-7-5-15(6-8-17)11-19(23)21-12-16-3-1-9-22(13-16)14-18-4-2-10-24-18/h2,4-8,10,16H,1,3,9,11-14H2,(H,21,23)/t16-/m1/s1. The molecule has 3 nitrogen and oxygen atoms in total. The van der Waals surface area contributed by atoms with Crippen molar-refractivity contribution >= 4 is 17.2 Å². The van der Waals surface area contributed by atoms with Gasteiger partial charge < -0.3 is 5.32 Å². The van der Waals surface area contributed by atoms with Crippen molar-refractivity contribution in [2.24, 2.45) is 5.92 Å². The highest BCUT2D eigenvalue weighted by Gasteiger charge is 2.20. The minimum absolute atomic E-state index is 0.0111. The molecule has 0 bridgehead atoms. The first-order valence-electron chi connectivity index (χ1n) is 8.45. The van der Waals surface area contributed by atoms with E-state index in [9.17, 15) is 9.18 Å². The Bertz CT molecular complexity index is 642. The normalized spacial score (nSPS) is 18.5. The Morgan fingerprint density at radius 1 is 1.29 bits per heavy atom. The summed E-state index contributed by atoms with van der Waals surface area (Å²) >= 11 is 1.80. The SMILES string of the molecule is O=C(Cc1ccc(F)cc1)NC[C@H]1CCCN(Cc2cccs2)C1. The molecule has 1 aliphatic heterocycles. The fourth-order valence-corrected chi connectivity index (χ4v) is 3.94. The lowest BCUT2D eigenvalue weighted by molar-refractivity contribution is -0.120. The summed E-state index contributed by atoms with van der Waals surface area (Å²) in [4.78, 5) is 15.9. The van der Waals surface area contributed by atoms with Crippen molar-refractivity contribution in [3.05, 3.63) is 58.0 Å². The van der Waals surface area contributed by atoms with Crippen LogP contribution in [-0.2, 0) is 17.8 Å². The van der Waals surface area contributed by atoms with Crippen LogP contribution in [0.25, 0.3) is 0 Å². The van der Waals surface area contributed by atoms with Crippen LogP contribution >= 0.6 is 11.3 Å². The minimum Gasteiger partial charge on any atom is -0.355 e. The van der Waals surface area contributed by atoms with Gasteiger partial charge in [-0.15, -0.1) is 11.3 Å². The first-order valence-corrected chi connectivity index (χ1v) is 9.33. The Morgan fingerprint density at radius 2 is 2.12 bits per heavy atom. The molecule has 1 saturated heterocycles. The van der Waals surface area contributed by atoms with E-state index in [-0.39, 0.29) is 11.7 Å². The van der Waals surface area contributed by atoms with Gasteiger partial charge in [0.25, 0.3) is 0 Å². The van der Waals surface area contributed by atoms with Crippen LogP contribution in [0.15, 0.2) is 41.8 Å². The average Bonchev–Trinajstić information content (AvgIpc) is 3.08. The average molecular weight is 346 g/mol.